The van der Waals surface area contributed by atoms with Crippen molar-refractivity contribution < 1.29 is 5.11 Å². The SMILES string of the molecule is CC(C)(C)c1cc(CC2CCC2)cc(C(C)(C)C)c1O. The van der Waals surface area contributed by atoms with Gasteiger partial charge in [-0.2, -0.15) is 0 Å². The first kappa shape index (κ1) is 15.4. The van der Waals surface area contributed by atoms with E-state index in [1.54, 1.807) is 0 Å². The van der Waals surface area contributed by atoms with Crippen LogP contribution in [0.3, 0.4) is 0 Å². The lowest BCUT2D eigenvalue weighted by Crippen LogP contribution is -2.19. The minimum Gasteiger partial charge on any atom is -0.507 e. The van der Waals surface area contributed by atoms with Crippen molar-refractivity contribution >= 4 is 0 Å². The van der Waals surface area contributed by atoms with Crippen LogP contribution in [-0.2, 0) is 17.3 Å². The molecule has 1 N–H and O–H groups in total. The first-order valence-corrected chi connectivity index (χ1v) is 7.96. The van der Waals surface area contributed by atoms with Gasteiger partial charge in [0.25, 0.3) is 0 Å². The molecule has 20 heavy (non-hydrogen) atoms. The topological polar surface area (TPSA) is 20.2 Å². The van der Waals surface area contributed by atoms with E-state index in [0.717, 1.165) is 17.0 Å². The summed E-state index contributed by atoms with van der Waals surface area (Å²) in [5, 5.41) is 10.7. The summed E-state index contributed by atoms with van der Waals surface area (Å²) in [5.41, 5.74) is 3.57. The predicted molar refractivity (Wildman–Crippen MR) is 86.6 cm³/mol. The number of aromatic hydroxyl groups is 1. The molecular weight excluding hydrogens is 244 g/mol. The van der Waals surface area contributed by atoms with Crippen molar-refractivity contribution in [1.29, 1.82) is 0 Å². The molecule has 112 valence electrons. The van der Waals surface area contributed by atoms with Crippen molar-refractivity contribution in [3.05, 3.63) is 28.8 Å². The van der Waals surface area contributed by atoms with E-state index in [1.165, 1.54) is 31.2 Å². The number of hydrogen-bond donors (Lipinski definition) is 1. The van der Waals surface area contributed by atoms with E-state index in [1.807, 2.05) is 0 Å². The summed E-state index contributed by atoms with van der Waals surface area (Å²) >= 11 is 0. The average Bonchev–Trinajstić information content (AvgIpc) is 2.21. The van der Waals surface area contributed by atoms with Gasteiger partial charge in [-0.3, -0.25) is 0 Å². The zero-order valence-electron chi connectivity index (χ0n) is 14.0. The highest BCUT2D eigenvalue weighted by atomic mass is 16.3. The Kier molecular flexibility index (Phi) is 3.92. The van der Waals surface area contributed by atoms with Crippen LogP contribution in [0, 0.1) is 5.92 Å². The van der Waals surface area contributed by atoms with Crippen LogP contribution in [0.2, 0.25) is 0 Å². The van der Waals surface area contributed by atoms with E-state index in [0.29, 0.717) is 5.75 Å². The standard InChI is InChI=1S/C19H30O/c1-18(2,3)15-11-14(10-13-8-7-9-13)12-16(17(15)20)19(4,5)6/h11-13,20H,7-10H2,1-6H3. The van der Waals surface area contributed by atoms with Crippen molar-refractivity contribution in [2.45, 2.75) is 78.1 Å². The second kappa shape index (κ2) is 5.09. The van der Waals surface area contributed by atoms with Gasteiger partial charge >= 0.3 is 0 Å². The fourth-order valence-corrected chi connectivity index (χ4v) is 2.99. The molecule has 0 amide bonds. The summed E-state index contributed by atoms with van der Waals surface area (Å²) in [6.07, 6.45) is 5.31. The van der Waals surface area contributed by atoms with Crippen molar-refractivity contribution in [2.24, 2.45) is 5.92 Å². The Hall–Kier alpha value is -0.980. The second-order valence-corrected chi connectivity index (χ2v) is 8.54. The van der Waals surface area contributed by atoms with E-state index in [9.17, 15) is 5.11 Å². The Balaban J connectivity index is 2.47. The van der Waals surface area contributed by atoms with Crippen LogP contribution in [0.4, 0.5) is 0 Å². The van der Waals surface area contributed by atoms with Gasteiger partial charge in [0.2, 0.25) is 0 Å². The van der Waals surface area contributed by atoms with E-state index in [4.69, 9.17) is 0 Å². The summed E-state index contributed by atoms with van der Waals surface area (Å²) in [5.74, 6) is 1.36. The monoisotopic (exact) mass is 274 g/mol. The number of phenols is 1. The number of phenolic OH excluding ortho intramolecular Hbond substituents is 1. The fourth-order valence-electron chi connectivity index (χ4n) is 2.99. The van der Waals surface area contributed by atoms with Crippen molar-refractivity contribution in [1.82, 2.24) is 0 Å². The smallest absolute Gasteiger partial charge is 0.123 e. The third-order valence-electron chi connectivity index (χ3n) is 4.53. The number of rotatable bonds is 2. The third kappa shape index (κ3) is 3.19. The average molecular weight is 274 g/mol. The number of hydrogen-bond acceptors (Lipinski definition) is 1. The summed E-state index contributed by atoms with van der Waals surface area (Å²) < 4.78 is 0. The van der Waals surface area contributed by atoms with E-state index < -0.39 is 0 Å². The van der Waals surface area contributed by atoms with Crippen molar-refractivity contribution in [2.75, 3.05) is 0 Å². The zero-order valence-corrected chi connectivity index (χ0v) is 14.0. The Morgan fingerprint density at radius 2 is 1.40 bits per heavy atom. The molecule has 1 heteroatoms. The van der Waals surface area contributed by atoms with Crippen LogP contribution in [-0.4, -0.2) is 5.11 Å². The molecule has 0 bridgehead atoms. The summed E-state index contributed by atoms with van der Waals surface area (Å²) in [7, 11) is 0. The minimum atomic E-state index is -0.0142. The lowest BCUT2D eigenvalue weighted by molar-refractivity contribution is 0.313. The summed E-state index contributed by atoms with van der Waals surface area (Å²) in [6.45, 7) is 13.1. The molecule has 1 aliphatic carbocycles. The largest absolute Gasteiger partial charge is 0.507 e. The second-order valence-electron chi connectivity index (χ2n) is 8.54. The van der Waals surface area contributed by atoms with Crippen molar-refractivity contribution in [3.63, 3.8) is 0 Å². The van der Waals surface area contributed by atoms with Crippen LogP contribution in [0.15, 0.2) is 12.1 Å². The first-order chi connectivity index (χ1) is 9.09. The van der Waals surface area contributed by atoms with Gasteiger partial charge in [0.1, 0.15) is 5.75 Å². The quantitative estimate of drug-likeness (QED) is 0.772. The van der Waals surface area contributed by atoms with Gasteiger partial charge in [0, 0.05) is 0 Å². The molecule has 1 saturated carbocycles. The van der Waals surface area contributed by atoms with Crippen LogP contribution in [0.5, 0.6) is 5.75 Å². The van der Waals surface area contributed by atoms with Gasteiger partial charge in [-0.25, -0.2) is 0 Å². The van der Waals surface area contributed by atoms with Gasteiger partial charge in [0.15, 0.2) is 0 Å². The Morgan fingerprint density at radius 1 is 0.950 bits per heavy atom. The number of benzene rings is 1. The molecule has 1 aromatic carbocycles. The molecule has 0 aromatic heterocycles. The Labute approximate surface area is 124 Å². The lowest BCUT2D eigenvalue weighted by Gasteiger charge is -2.30. The van der Waals surface area contributed by atoms with Gasteiger partial charge < -0.3 is 5.11 Å². The molecule has 1 aromatic rings. The molecule has 0 radical (unpaired) electrons. The lowest BCUT2D eigenvalue weighted by atomic mass is 9.75. The van der Waals surface area contributed by atoms with Crippen LogP contribution >= 0.6 is 0 Å². The molecular formula is C19H30O. The van der Waals surface area contributed by atoms with Gasteiger partial charge in [-0.05, 0) is 39.9 Å². The van der Waals surface area contributed by atoms with Gasteiger partial charge in [-0.15, -0.1) is 0 Å². The molecule has 1 aliphatic rings. The highest BCUT2D eigenvalue weighted by Gasteiger charge is 2.27. The van der Waals surface area contributed by atoms with Crippen molar-refractivity contribution in [3.8, 4) is 5.75 Å². The van der Waals surface area contributed by atoms with E-state index >= 15 is 0 Å². The normalized spacial score (nSPS) is 17.1. The predicted octanol–water partition coefficient (Wildman–Crippen LogP) is 5.33. The molecule has 1 fully saturated rings. The highest BCUT2D eigenvalue weighted by Crippen LogP contribution is 2.41. The zero-order chi connectivity index (χ0) is 15.1. The van der Waals surface area contributed by atoms with Crippen LogP contribution in [0.1, 0.15) is 77.5 Å². The molecule has 0 atom stereocenters. The maximum absolute atomic E-state index is 10.7. The minimum absolute atomic E-state index is 0.0142. The Bertz CT molecular complexity index is 446. The first-order valence-electron chi connectivity index (χ1n) is 7.96. The maximum atomic E-state index is 10.7. The molecule has 0 saturated heterocycles. The van der Waals surface area contributed by atoms with Gasteiger partial charge in [0.05, 0.1) is 0 Å². The van der Waals surface area contributed by atoms with Gasteiger partial charge in [-0.1, -0.05) is 72.9 Å². The van der Waals surface area contributed by atoms with E-state index in [2.05, 4.69) is 53.7 Å². The van der Waals surface area contributed by atoms with Crippen LogP contribution < -0.4 is 0 Å². The molecule has 1 nitrogen and oxygen atoms in total. The van der Waals surface area contributed by atoms with Crippen LogP contribution in [0.25, 0.3) is 0 Å². The Morgan fingerprint density at radius 3 is 1.70 bits per heavy atom. The molecule has 0 aliphatic heterocycles. The van der Waals surface area contributed by atoms with E-state index in [-0.39, 0.29) is 10.8 Å². The summed E-state index contributed by atoms with van der Waals surface area (Å²) in [6, 6.07) is 4.48. The third-order valence-corrected chi connectivity index (χ3v) is 4.53. The molecule has 0 heterocycles. The fraction of sp³-hybridized carbons (Fsp3) is 0.684. The molecule has 0 unspecified atom stereocenters. The highest BCUT2D eigenvalue weighted by molar-refractivity contribution is 5.50. The maximum Gasteiger partial charge on any atom is 0.123 e. The molecule has 2 rings (SSSR count). The molecule has 0 spiro atoms. The summed E-state index contributed by atoms with van der Waals surface area (Å²) in [4.78, 5) is 0.